The molecule has 1 saturated heterocycles. The Bertz CT molecular complexity index is 1230. The van der Waals surface area contributed by atoms with E-state index in [4.69, 9.17) is 9.40 Å². The Labute approximate surface area is 185 Å². The van der Waals surface area contributed by atoms with Crippen LogP contribution in [0, 0.1) is 0 Å². The largest absolute Gasteiger partial charge is 0.440 e. The first-order chi connectivity index (χ1) is 15.4. The SMILES string of the molecule is CC(C)c1nc(-c2ccc3c(c2)CN(C2CCC(=O)NC2=O)C3=O)c(-c2ccccc2)o1. The number of hydrogen-bond acceptors (Lipinski definition) is 5. The zero-order valence-corrected chi connectivity index (χ0v) is 17.9. The summed E-state index contributed by atoms with van der Waals surface area (Å²) in [6.45, 7) is 4.39. The maximum absolute atomic E-state index is 13.0. The number of oxazole rings is 1. The van der Waals surface area contributed by atoms with Crippen molar-refractivity contribution in [3.05, 3.63) is 65.5 Å². The maximum atomic E-state index is 13.0. The molecule has 3 aromatic rings. The van der Waals surface area contributed by atoms with Gasteiger partial charge in [0.1, 0.15) is 11.7 Å². The standard InChI is InChI=1S/C25H23N3O4/c1-14(2)24-27-21(22(32-24)15-6-4-3-5-7-15)16-8-9-18-17(12-16)13-28(25(18)31)19-10-11-20(29)26-23(19)30/h3-9,12,14,19H,10-11,13H2,1-2H3,(H,26,29,30). The lowest BCUT2D eigenvalue weighted by Crippen LogP contribution is -2.52. The molecular formula is C25H23N3O4. The zero-order chi connectivity index (χ0) is 22.4. The Morgan fingerprint density at radius 2 is 1.84 bits per heavy atom. The van der Waals surface area contributed by atoms with Crippen LogP contribution < -0.4 is 5.32 Å². The van der Waals surface area contributed by atoms with E-state index in [2.05, 4.69) is 5.32 Å². The van der Waals surface area contributed by atoms with E-state index in [1.165, 1.54) is 0 Å². The van der Waals surface area contributed by atoms with Crippen molar-refractivity contribution >= 4 is 17.7 Å². The summed E-state index contributed by atoms with van der Waals surface area (Å²) in [6, 6.07) is 14.8. The highest BCUT2D eigenvalue weighted by atomic mass is 16.4. The molecule has 3 amide bonds. The average Bonchev–Trinajstić information content (AvgIpc) is 3.36. The molecule has 1 aromatic heterocycles. The van der Waals surface area contributed by atoms with Crippen molar-refractivity contribution in [2.75, 3.05) is 0 Å². The lowest BCUT2D eigenvalue weighted by Gasteiger charge is -2.29. The monoisotopic (exact) mass is 429 g/mol. The molecule has 7 heteroatoms. The lowest BCUT2D eigenvalue weighted by molar-refractivity contribution is -0.136. The number of aromatic nitrogens is 1. The number of carbonyl (C=O) groups is 3. The van der Waals surface area contributed by atoms with E-state index in [9.17, 15) is 14.4 Å². The van der Waals surface area contributed by atoms with Gasteiger partial charge in [-0.25, -0.2) is 4.98 Å². The number of amides is 3. The fraction of sp³-hybridized carbons (Fsp3) is 0.280. The third-order valence-electron chi connectivity index (χ3n) is 5.97. The van der Waals surface area contributed by atoms with Crippen LogP contribution in [0.4, 0.5) is 0 Å². The Hall–Kier alpha value is -3.74. The van der Waals surface area contributed by atoms with Gasteiger partial charge in [-0.05, 0) is 24.1 Å². The summed E-state index contributed by atoms with van der Waals surface area (Å²) >= 11 is 0. The topological polar surface area (TPSA) is 92.5 Å². The van der Waals surface area contributed by atoms with E-state index in [0.29, 0.717) is 30.2 Å². The highest BCUT2D eigenvalue weighted by Crippen LogP contribution is 2.37. The molecule has 2 aromatic carbocycles. The third kappa shape index (κ3) is 3.39. The van der Waals surface area contributed by atoms with Gasteiger partial charge in [0.25, 0.3) is 5.91 Å². The minimum absolute atomic E-state index is 0.130. The van der Waals surface area contributed by atoms with Crippen LogP contribution in [-0.2, 0) is 16.1 Å². The molecule has 0 spiro atoms. The Kier molecular flexibility index (Phi) is 4.89. The van der Waals surface area contributed by atoms with Gasteiger partial charge in [-0.1, -0.05) is 50.2 Å². The number of nitrogens with one attached hydrogen (secondary N) is 1. The number of nitrogens with zero attached hydrogens (tertiary/aromatic N) is 2. The Balaban J connectivity index is 1.51. The van der Waals surface area contributed by atoms with Crippen LogP contribution in [0.15, 0.2) is 52.9 Å². The van der Waals surface area contributed by atoms with Gasteiger partial charge < -0.3 is 9.32 Å². The molecule has 32 heavy (non-hydrogen) atoms. The molecule has 1 fully saturated rings. The van der Waals surface area contributed by atoms with Crippen LogP contribution in [0.25, 0.3) is 22.6 Å². The molecular weight excluding hydrogens is 406 g/mol. The first-order valence-electron chi connectivity index (χ1n) is 10.8. The van der Waals surface area contributed by atoms with Crippen LogP contribution in [0.1, 0.15) is 54.4 Å². The summed E-state index contributed by atoms with van der Waals surface area (Å²) in [6.07, 6.45) is 0.579. The van der Waals surface area contributed by atoms with Gasteiger partial charge in [0.05, 0.1) is 0 Å². The van der Waals surface area contributed by atoms with Crippen molar-refractivity contribution in [3.63, 3.8) is 0 Å². The molecule has 1 N–H and O–H groups in total. The van der Waals surface area contributed by atoms with Gasteiger partial charge in [-0.15, -0.1) is 0 Å². The minimum atomic E-state index is -0.629. The highest BCUT2D eigenvalue weighted by molar-refractivity contribution is 6.05. The third-order valence-corrected chi connectivity index (χ3v) is 5.97. The average molecular weight is 429 g/mol. The quantitative estimate of drug-likeness (QED) is 0.635. The molecule has 2 aliphatic rings. The fourth-order valence-corrected chi connectivity index (χ4v) is 4.29. The maximum Gasteiger partial charge on any atom is 0.255 e. The van der Waals surface area contributed by atoms with Crippen molar-refractivity contribution in [2.45, 2.75) is 45.2 Å². The second-order valence-corrected chi connectivity index (χ2v) is 8.52. The number of rotatable bonds is 4. The number of piperidine rings is 1. The van der Waals surface area contributed by atoms with Crippen molar-refractivity contribution in [1.29, 1.82) is 0 Å². The first-order valence-corrected chi connectivity index (χ1v) is 10.8. The molecule has 0 aliphatic carbocycles. The second kappa shape index (κ2) is 7.75. The van der Waals surface area contributed by atoms with Gasteiger partial charge in [-0.3, -0.25) is 19.7 Å². The summed E-state index contributed by atoms with van der Waals surface area (Å²) < 4.78 is 6.12. The Morgan fingerprint density at radius 3 is 2.56 bits per heavy atom. The normalized spacial score (nSPS) is 18.3. The molecule has 162 valence electrons. The molecule has 0 bridgehead atoms. The van der Waals surface area contributed by atoms with Gasteiger partial charge in [-0.2, -0.15) is 0 Å². The van der Waals surface area contributed by atoms with Gasteiger partial charge >= 0.3 is 0 Å². The molecule has 1 unspecified atom stereocenters. The highest BCUT2D eigenvalue weighted by Gasteiger charge is 2.39. The summed E-state index contributed by atoms with van der Waals surface area (Å²) in [5.41, 5.74) is 3.94. The summed E-state index contributed by atoms with van der Waals surface area (Å²) in [5.74, 6) is 0.587. The summed E-state index contributed by atoms with van der Waals surface area (Å²) in [7, 11) is 0. The van der Waals surface area contributed by atoms with Crippen molar-refractivity contribution in [2.24, 2.45) is 0 Å². The van der Waals surface area contributed by atoms with Crippen LogP contribution in [0.5, 0.6) is 0 Å². The minimum Gasteiger partial charge on any atom is -0.440 e. The van der Waals surface area contributed by atoms with E-state index >= 15 is 0 Å². The molecule has 1 atom stereocenters. The summed E-state index contributed by atoms with van der Waals surface area (Å²) in [4.78, 5) is 43.1. The Morgan fingerprint density at radius 1 is 1.06 bits per heavy atom. The smallest absolute Gasteiger partial charge is 0.255 e. The van der Waals surface area contributed by atoms with Crippen LogP contribution in [0.2, 0.25) is 0 Å². The molecule has 2 aliphatic heterocycles. The van der Waals surface area contributed by atoms with Crippen LogP contribution in [0.3, 0.4) is 0 Å². The number of hydrogen-bond donors (Lipinski definition) is 1. The summed E-state index contributed by atoms with van der Waals surface area (Å²) in [5, 5.41) is 2.34. The number of fused-ring (bicyclic) bond motifs is 1. The van der Waals surface area contributed by atoms with Gasteiger partial charge in [0, 0.05) is 35.6 Å². The predicted molar refractivity (Wildman–Crippen MR) is 118 cm³/mol. The van der Waals surface area contributed by atoms with Gasteiger partial charge in [0.2, 0.25) is 11.8 Å². The fourth-order valence-electron chi connectivity index (χ4n) is 4.29. The molecule has 0 saturated carbocycles. The number of imide groups is 1. The van der Waals surface area contributed by atoms with Crippen LogP contribution >= 0.6 is 0 Å². The number of carbonyl (C=O) groups excluding carboxylic acids is 3. The van der Waals surface area contributed by atoms with Crippen molar-refractivity contribution < 1.29 is 18.8 Å². The lowest BCUT2D eigenvalue weighted by atomic mass is 10.0. The van der Waals surface area contributed by atoms with E-state index in [1.807, 2.05) is 56.3 Å². The molecule has 0 radical (unpaired) electrons. The molecule has 7 nitrogen and oxygen atoms in total. The van der Waals surface area contributed by atoms with E-state index in [0.717, 1.165) is 22.4 Å². The van der Waals surface area contributed by atoms with E-state index in [-0.39, 0.29) is 24.2 Å². The van der Waals surface area contributed by atoms with Crippen LogP contribution in [-0.4, -0.2) is 33.6 Å². The predicted octanol–water partition coefficient (Wildman–Crippen LogP) is 3.89. The molecule has 5 rings (SSSR count). The van der Waals surface area contributed by atoms with E-state index < -0.39 is 11.9 Å². The second-order valence-electron chi connectivity index (χ2n) is 8.52. The van der Waals surface area contributed by atoms with Crippen molar-refractivity contribution in [3.8, 4) is 22.6 Å². The zero-order valence-electron chi connectivity index (χ0n) is 17.9. The first kappa shape index (κ1) is 20.2. The van der Waals surface area contributed by atoms with E-state index in [1.54, 1.807) is 11.0 Å². The van der Waals surface area contributed by atoms with Gasteiger partial charge in [0.15, 0.2) is 11.7 Å². The van der Waals surface area contributed by atoms with Crippen molar-refractivity contribution in [1.82, 2.24) is 15.2 Å². The molecule has 3 heterocycles. The number of benzene rings is 2.